The van der Waals surface area contributed by atoms with E-state index in [1.54, 1.807) is 0 Å². The summed E-state index contributed by atoms with van der Waals surface area (Å²) in [4.78, 5) is 11.2. The van der Waals surface area contributed by atoms with Crippen LogP contribution in [0.25, 0.3) is 0 Å². The summed E-state index contributed by atoms with van der Waals surface area (Å²) in [5.74, 6) is -0.592. The lowest BCUT2D eigenvalue weighted by molar-refractivity contribution is -0.143. The number of hydrogen-bond acceptors (Lipinski definition) is 3. The van der Waals surface area contributed by atoms with Crippen LogP contribution in [0.4, 0.5) is 0 Å². The van der Waals surface area contributed by atoms with E-state index in [0.29, 0.717) is 0 Å². The molecular formula is C11H14O3. The molecule has 0 heterocycles. The molecule has 3 nitrogen and oxygen atoms in total. The first-order valence-corrected chi connectivity index (χ1v) is 4.28. The van der Waals surface area contributed by atoms with Crippen LogP contribution in [0.5, 0.6) is 0 Å². The van der Waals surface area contributed by atoms with Crippen molar-refractivity contribution in [2.24, 2.45) is 0 Å². The largest absolute Gasteiger partial charge is 0.469 e. The van der Waals surface area contributed by atoms with Crippen LogP contribution in [-0.4, -0.2) is 20.2 Å². The molecular weight excluding hydrogens is 180 g/mol. The van der Waals surface area contributed by atoms with Gasteiger partial charge in [-0.15, -0.1) is 0 Å². The minimum absolute atomic E-state index is 0.585. The first-order valence-electron chi connectivity index (χ1n) is 4.86. The smallest absolute Gasteiger partial charge is 0.308 e. The van der Waals surface area contributed by atoms with Crippen molar-refractivity contribution in [1.82, 2.24) is 0 Å². The van der Waals surface area contributed by atoms with E-state index >= 15 is 0 Å². The van der Waals surface area contributed by atoms with Crippen LogP contribution < -0.4 is 0 Å². The SMILES string of the molecule is [2H]C(C(=O)OC)[C@@H](OC)c1ccccc1. The van der Waals surface area contributed by atoms with Gasteiger partial charge in [-0.1, -0.05) is 30.3 Å². The minimum atomic E-state index is -1.05. The highest BCUT2D eigenvalue weighted by atomic mass is 16.5. The zero-order valence-corrected chi connectivity index (χ0v) is 8.27. The molecule has 2 atom stereocenters. The van der Waals surface area contributed by atoms with Crippen molar-refractivity contribution in [2.75, 3.05) is 14.2 Å². The van der Waals surface area contributed by atoms with Gasteiger partial charge in [0.25, 0.3) is 0 Å². The zero-order valence-electron chi connectivity index (χ0n) is 9.27. The fourth-order valence-electron chi connectivity index (χ4n) is 1.13. The van der Waals surface area contributed by atoms with E-state index in [2.05, 4.69) is 4.74 Å². The molecule has 3 heteroatoms. The van der Waals surface area contributed by atoms with E-state index in [1.165, 1.54) is 14.2 Å². The number of esters is 1. The fraction of sp³-hybridized carbons (Fsp3) is 0.364. The van der Waals surface area contributed by atoms with E-state index in [1.807, 2.05) is 30.3 Å². The van der Waals surface area contributed by atoms with Crippen molar-refractivity contribution in [3.05, 3.63) is 35.9 Å². The van der Waals surface area contributed by atoms with Gasteiger partial charge in [-0.25, -0.2) is 0 Å². The average Bonchev–Trinajstić information content (AvgIpc) is 2.30. The molecule has 1 unspecified atom stereocenters. The molecule has 0 aliphatic rings. The molecule has 0 saturated carbocycles. The minimum Gasteiger partial charge on any atom is -0.469 e. The molecule has 0 bridgehead atoms. The maximum absolute atomic E-state index is 11.2. The Bertz CT molecular complexity index is 313. The van der Waals surface area contributed by atoms with Crippen molar-refractivity contribution >= 4 is 5.97 Å². The molecule has 1 aromatic carbocycles. The molecule has 0 aromatic heterocycles. The van der Waals surface area contributed by atoms with Gasteiger partial charge in [0.05, 0.1) is 19.6 Å². The molecule has 0 N–H and O–H groups in total. The summed E-state index contributed by atoms with van der Waals surface area (Å²) >= 11 is 0. The zero-order chi connectivity index (χ0) is 11.3. The lowest BCUT2D eigenvalue weighted by Crippen LogP contribution is -2.10. The van der Waals surface area contributed by atoms with Crippen LogP contribution in [0.3, 0.4) is 0 Å². The quantitative estimate of drug-likeness (QED) is 0.689. The van der Waals surface area contributed by atoms with E-state index in [9.17, 15) is 4.79 Å². The van der Waals surface area contributed by atoms with Gasteiger partial charge in [0, 0.05) is 8.48 Å². The highest BCUT2D eigenvalue weighted by Gasteiger charge is 2.14. The van der Waals surface area contributed by atoms with Gasteiger partial charge in [-0.2, -0.15) is 0 Å². The summed E-state index contributed by atoms with van der Waals surface area (Å²) in [6.45, 7) is 0. The molecule has 0 saturated heterocycles. The number of carbonyl (C=O) groups is 1. The van der Waals surface area contributed by atoms with Crippen LogP contribution in [0.1, 0.15) is 19.4 Å². The highest BCUT2D eigenvalue weighted by molar-refractivity contribution is 5.70. The summed E-state index contributed by atoms with van der Waals surface area (Å²) in [6.07, 6.45) is -1.64. The second-order valence-electron chi connectivity index (χ2n) is 2.76. The lowest BCUT2D eigenvalue weighted by Gasteiger charge is -2.13. The summed E-state index contributed by atoms with van der Waals surface area (Å²) < 4.78 is 17.3. The molecule has 0 aliphatic heterocycles. The maximum Gasteiger partial charge on any atom is 0.308 e. The normalized spacial score (nSPS) is 15.4. The van der Waals surface area contributed by atoms with Gasteiger partial charge < -0.3 is 9.47 Å². The fourth-order valence-corrected chi connectivity index (χ4v) is 1.13. The van der Waals surface area contributed by atoms with Crippen LogP contribution in [0.2, 0.25) is 0 Å². The van der Waals surface area contributed by atoms with Gasteiger partial charge in [-0.05, 0) is 5.56 Å². The molecule has 0 aliphatic carbocycles. The van der Waals surface area contributed by atoms with Gasteiger partial charge in [0.2, 0.25) is 0 Å². The van der Waals surface area contributed by atoms with Crippen LogP contribution >= 0.6 is 0 Å². The lowest BCUT2D eigenvalue weighted by atomic mass is 10.1. The third kappa shape index (κ3) is 2.85. The third-order valence-corrected chi connectivity index (χ3v) is 1.87. The van der Waals surface area contributed by atoms with Crippen LogP contribution in [-0.2, 0) is 14.3 Å². The first-order chi connectivity index (χ1) is 7.20. The third-order valence-electron chi connectivity index (χ3n) is 1.87. The van der Waals surface area contributed by atoms with E-state index in [0.717, 1.165) is 5.56 Å². The second kappa shape index (κ2) is 5.40. The number of carbonyl (C=O) groups excluding carboxylic acids is 1. The van der Waals surface area contributed by atoms with Gasteiger partial charge >= 0.3 is 5.97 Å². The van der Waals surface area contributed by atoms with Crippen molar-refractivity contribution < 1.29 is 15.6 Å². The summed E-state index contributed by atoms with van der Waals surface area (Å²) in [5, 5.41) is 0. The van der Waals surface area contributed by atoms with Gasteiger partial charge in [0.1, 0.15) is 0 Å². The Labute approximate surface area is 85.0 Å². The second-order valence-corrected chi connectivity index (χ2v) is 2.76. The Morgan fingerprint density at radius 2 is 2.07 bits per heavy atom. The molecule has 1 rings (SSSR count). The Kier molecular flexibility index (Phi) is 3.55. The maximum atomic E-state index is 11.2. The van der Waals surface area contributed by atoms with Gasteiger partial charge in [0.15, 0.2) is 0 Å². The van der Waals surface area contributed by atoms with Crippen molar-refractivity contribution in [3.8, 4) is 0 Å². The number of benzene rings is 1. The van der Waals surface area contributed by atoms with Gasteiger partial charge in [-0.3, -0.25) is 4.79 Å². The number of rotatable bonds is 4. The molecule has 76 valence electrons. The molecule has 14 heavy (non-hydrogen) atoms. The van der Waals surface area contributed by atoms with Crippen LogP contribution in [0, 0.1) is 0 Å². The van der Waals surface area contributed by atoms with E-state index < -0.39 is 18.5 Å². The Morgan fingerprint density at radius 1 is 1.43 bits per heavy atom. The van der Waals surface area contributed by atoms with Crippen molar-refractivity contribution in [1.29, 1.82) is 0 Å². The molecule has 0 spiro atoms. The predicted octanol–water partition coefficient (Wildman–Crippen LogP) is 1.94. The first kappa shape index (κ1) is 9.21. The average molecular weight is 195 g/mol. The number of methoxy groups -OCH3 is 2. The summed E-state index contributed by atoms with van der Waals surface area (Å²) in [7, 11) is 2.74. The van der Waals surface area contributed by atoms with E-state index in [-0.39, 0.29) is 0 Å². The highest BCUT2D eigenvalue weighted by Crippen LogP contribution is 2.20. The van der Waals surface area contributed by atoms with E-state index in [4.69, 9.17) is 6.11 Å². The molecule has 1 aromatic rings. The molecule has 0 amide bonds. The number of hydrogen-bond donors (Lipinski definition) is 0. The predicted molar refractivity (Wildman–Crippen MR) is 52.8 cm³/mol. The molecule has 0 fully saturated rings. The van der Waals surface area contributed by atoms with Crippen molar-refractivity contribution in [2.45, 2.75) is 12.5 Å². The topological polar surface area (TPSA) is 35.5 Å². The monoisotopic (exact) mass is 195 g/mol. The summed E-state index contributed by atoms with van der Waals surface area (Å²) in [5.41, 5.74) is 0.797. The Hall–Kier alpha value is -1.35. The Morgan fingerprint density at radius 3 is 2.57 bits per heavy atom. The number of ether oxygens (including phenoxy) is 2. The Balaban J connectivity index is 2.85. The molecule has 0 radical (unpaired) electrons. The standard InChI is InChI=1S/C11H14O3/c1-13-10(8-11(12)14-2)9-6-4-3-5-7-9/h3-7,10H,8H2,1-2H3/t10-/m1/s1/i8D/t8?,10-. The van der Waals surface area contributed by atoms with Crippen LogP contribution in [0.15, 0.2) is 30.3 Å². The summed E-state index contributed by atoms with van der Waals surface area (Å²) in [6, 6.07) is 9.18. The van der Waals surface area contributed by atoms with Crippen molar-refractivity contribution in [3.63, 3.8) is 0 Å².